The van der Waals surface area contributed by atoms with E-state index >= 15 is 0 Å². The number of carbonyl (C=O) groups is 1. The van der Waals surface area contributed by atoms with Crippen LogP contribution in [-0.4, -0.2) is 61.4 Å². The summed E-state index contributed by atoms with van der Waals surface area (Å²) in [6.45, 7) is 2.21. The average Bonchev–Trinajstić information content (AvgIpc) is 2.55. The molecule has 0 aromatic heterocycles. The lowest BCUT2D eigenvalue weighted by Gasteiger charge is -2.33. The zero-order valence-electron chi connectivity index (χ0n) is 12.8. The zero-order valence-corrected chi connectivity index (χ0v) is 13.7. The Balaban J connectivity index is 2.16. The van der Waals surface area contributed by atoms with E-state index in [1.807, 2.05) is 0 Å². The average molecular weight is 361 g/mol. The van der Waals surface area contributed by atoms with Crippen LogP contribution in [-0.2, 0) is 14.8 Å². The van der Waals surface area contributed by atoms with Crippen LogP contribution in [0.15, 0.2) is 23.1 Å². The van der Waals surface area contributed by atoms with Gasteiger partial charge >= 0.3 is 11.8 Å². The van der Waals surface area contributed by atoms with Gasteiger partial charge in [-0.25, -0.2) is 13.2 Å². The van der Waals surface area contributed by atoms with Gasteiger partial charge in [0, 0.05) is 32.2 Å². The monoisotopic (exact) mass is 361 g/mol. The van der Waals surface area contributed by atoms with Gasteiger partial charge in [0.15, 0.2) is 0 Å². The van der Waals surface area contributed by atoms with Crippen molar-refractivity contribution in [2.75, 3.05) is 32.8 Å². The summed E-state index contributed by atoms with van der Waals surface area (Å²) >= 11 is 0. The molecule has 1 amide bonds. The summed E-state index contributed by atoms with van der Waals surface area (Å²) < 4.78 is 44.3. The van der Waals surface area contributed by atoms with Crippen LogP contribution in [0.4, 0.5) is 14.9 Å². The van der Waals surface area contributed by atoms with Crippen molar-refractivity contribution in [3.8, 4) is 0 Å². The van der Waals surface area contributed by atoms with Crippen molar-refractivity contribution in [2.24, 2.45) is 0 Å². The molecule has 132 valence electrons. The van der Waals surface area contributed by atoms with Crippen LogP contribution in [0.2, 0.25) is 0 Å². The molecule has 0 unspecified atom stereocenters. The first-order chi connectivity index (χ1) is 11.3. The van der Waals surface area contributed by atoms with E-state index in [0.717, 1.165) is 16.4 Å². The van der Waals surface area contributed by atoms with E-state index in [1.165, 1.54) is 4.90 Å². The second-order valence-corrected chi connectivity index (χ2v) is 6.90. The lowest BCUT2D eigenvalue weighted by atomic mass is 10.3. The summed E-state index contributed by atoms with van der Waals surface area (Å²) in [5.41, 5.74) is -0.902. The number of piperazine rings is 1. The van der Waals surface area contributed by atoms with Gasteiger partial charge in [0.05, 0.1) is 16.4 Å². The largest absolute Gasteiger partial charge is 0.450 e. The van der Waals surface area contributed by atoms with E-state index in [1.54, 1.807) is 6.92 Å². The topological polar surface area (TPSA) is 110 Å². The molecule has 0 saturated carbocycles. The number of sulfonamides is 1. The zero-order chi connectivity index (χ0) is 17.9. The second-order valence-electron chi connectivity index (χ2n) is 4.96. The molecule has 24 heavy (non-hydrogen) atoms. The van der Waals surface area contributed by atoms with Crippen molar-refractivity contribution in [2.45, 2.75) is 11.8 Å². The fourth-order valence-corrected chi connectivity index (χ4v) is 3.71. The molecule has 0 aliphatic carbocycles. The molecule has 0 N–H and O–H groups in total. The fraction of sp³-hybridized carbons (Fsp3) is 0.462. The lowest BCUT2D eigenvalue weighted by molar-refractivity contribution is -0.387. The van der Waals surface area contributed by atoms with Crippen LogP contribution in [0, 0.1) is 15.9 Å². The van der Waals surface area contributed by atoms with Gasteiger partial charge in [0.2, 0.25) is 15.8 Å². The second kappa shape index (κ2) is 7.09. The lowest BCUT2D eigenvalue weighted by Crippen LogP contribution is -2.50. The number of rotatable bonds is 4. The van der Waals surface area contributed by atoms with Gasteiger partial charge < -0.3 is 9.64 Å². The number of amides is 1. The first kappa shape index (κ1) is 18.1. The van der Waals surface area contributed by atoms with Gasteiger partial charge in [-0.05, 0) is 19.1 Å². The maximum atomic E-state index is 13.4. The Hall–Kier alpha value is -2.27. The van der Waals surface area contributed by atoms with E-state index in [4.69, 9.17) is 4.74 Å². The van der Waals surface area contributed by atoms with E-state index in [-0.39, 0.29) is 37.7 Å². The van der Waals surface area contributed by atoms with Crippen molar-refractivity contribution >= 4 is 21.8 Å². The molecule has 0 atom stereocenters. The van der Waals surface area contributed by atoms with Crippen molar-refractivity contribution in [3.05, 3.63) is 34.1 Å². The highest BCUT2D eigenvalue weighted by Crippen LogP contribution is 2.24. The molecule has 0 radical (unpaired) electrons. The van der Waals surface area contributed by atoms with Gasteiger partial charge in [0.25, 0.3) is 0 Å². The molecule has 1 aliphatic rings. The Bertz CT molecular complexity index is 746. The molecular weight excluding hydrogens is 345 g/mol. The van der Waals surface area contributed by atoms with E-state index in [0.29, 0.717) is 6.07 Å². The standard InChI is InChI=1S/C13H16FN3O6S/c1-2-23-13(18)15-5-7-16(8-6-15)24(21,22)10-3-4-11(14)12(9-10)17(19)20/h3-4,9H,2,5-8H2,1H3. The van der Waals surface area contributed by atoms with E-state index in [2.05, 4.69) is 0 Å². The fourth-order valence-electron chi connectivity index (χ4n) is 2.27. The van der Waals surface area contributed by atoms with Crippen molar-refractivity contribution < 1.29 is 27.3 Å². The van der Waals surface area contributed by atoms with Crippen LogP contribution < -0.4 is 0 Å². The molecule has 1 fully saturated rings. The summed E-state index contributed by atoms with van der Waals surface area (Å²) in [6, 6.07) is 2.43. The van der Waals surface area contributed by atoms with Gasteiger partial charge in [-0.2, -0.15) is 8.70 Å². The molecule has 9 nitrogen and oxygen atoms in total. The Morgan fingerprint density at radius 3 is 2.50 bits per heavy atom. The molecule has 0 spiro atoms. The van der Waals surface area contributed by atoms with Crippen LogP contribution in [0.3, 0.4) is 0 Å². The third-order valence-electron chi connectivity index (χ3n) is 3.52. The molecule has 11 heteroatoms. The highest BCUT2D eigenvalue weighted by molar-refractivity contribution is 7.89. The number of hydrogen-bond donors (Lipinski definition) is 0. The van der Waals surface area contributed by atoms with E-state index < -0.39 is 32.5 Å². The smallest absolute Gasteiger partial charge is 0.409 e. The van der Waals surface area contributed by atoms with Gasteiger partial charge in [-0.3, -0.25) is 10.1 Å². The molecular formula is C13H16FN3O6S. The number of nitro groups is 1. The van der Waals surface area contributed by atoms with Gasteiger partial charge in [0.1, 0.15) is 0 Å². The molecule has 1 aromatic rings. The highest BCUT2D eigenvalue weighted by atomic mass is 32.2. The normalized spacial score (nSPS) is 16.0. The minimum atomic E-state index is -4.01. The van der Waals surface area contributed by atoms with Gasteiger partial charge in [-0.15, -0.1) is 0 Å². The Kier molecular flexibility index (Phi) is 5.34. The molecule has 1 aromatic carbocycles. The third kappa shape index (κ3) is 3.62. The Morgan fingerprint density at radius 2 is 1.96 bits per heavy atom. The summed E-state index contributed by atoms with van der Waals surface area (Å²) in [5.74, 6) is -1.11. The first-order valence-corrected chi connectivity index (χ1v) is 8.57. The number of benzene rings is 1. The van der Waals surface area contributed by atoms with Crippen molar-refractivity contribution in [3.63, 3.8) is 0 Å². The van der Waals surface area contributed by atoms with Crippen LogP contribution in [0.5, 0.6) is 0 Å². The Morgan fingerprint density at radius 1 is 1.33 bits per heavy atom. The number of carbonyl (C=O) groups excluding carboxylic acids is 1. The maximum absolute atomic E-state index is 13.4. The molecule has 0 bridgehead atoms. The maximum Gasteiger partial charge on any atom is 0.409 e. The van der Waals surface area contributed by atoms with E-state index in [9.17, 15) is 27.7 Å². The van der Waals surface area contributed by atoms with Crippen molar-refractivity contribution in [1.82, 2.24) is 9.21 Å². The number of hydrogen-bond acceptors (Lipinski definition) is 6. The summed E-state index contributed by atoms with van der Waals surface area (Å²) in [7, 11) is -4.01. The van der Waals surface area contributed by atoms with Gasteiger partial charge in [-0.1, -0.05) is 0 Å². The van der Waals surface area contributed by atoms with Crippen LogP contribution >= 0.6 is 0 Å². The Labute approximate surface area is 137 Å². The summed E-state index contributed by atoms with van der Waals surface area (Å²) in [5, 5.41) is 10.8. The van der Waals surface area contributed by atoms with Crippen molar-refractivity contribution in [1.29, 1.82) is 0 Å². The quantitative estimate of drug-likeness (QED) is 0.589. The first-order valence-electron chi connectivity index (χ1n) is 7.13. The van der Waals surface area contributed by atoms with Crippen LogP contribution in [0.1, 0.15) is 6.92 Å². The SMILES string of the molecule is CCOC(=O)N1CCN(S(=O)(=O)c2ccc(F)c([N+](=O)[O-])c2)CC1. The third-order valence-corrected chi connectivity index (χ3v) is 5.41. The number of ether oxygens (including phenoxy) is 1. The molecule has 1 aliphatic heterocycles. The number of nitrogens with zero attached hydrogens (tertiary/aromatic N) is 3. The minimum absolute atomic E-state index is 0.0202. The highest BCUT2D eigenvalue weighted by Gasteiger charge is 2.32. The summed E-state index contributed by atoms with van der Waals surface area (Å²) in [6.07, 6.45) is -0.521. The molecule has 1 saturated heterocycles. The predicted octanol–water partition coefficient (Wildman–Crippen LogP) is 1.20. The molecule has 2 rings (SSSR count). The summed E-state index contributed by atoms with van der Waals surface area (Å²) in [4.78, 5) is 22.4. The number of halogens is 1. The minimum Gasteiger partial charge on any atom is -0.450 e. The van der Waals surface area contributed by atoms with Crippen LogP contribution in [0.25, 0.3) is 0 Å². The number of nitro benzene ring substituents is 1. The molecule has 1 heterocycles. The predicted molar refractivity (Wildman–Crippen MR) is 80.4 cm³/mol.